The zero-order valence-corrected chi connectivity index (χ0v) is 16.2. The Balaban J connectivity index is 1.54. The van der Waals surface area contributed by atoms with Gasteiger partial charge in [0.2, 0.25) is 5.91 Å². The molecule has 2 heterocycles. The number of hydrogen-bond acceptors (Lipinski definition) is 6. The van der Waals surface area contributed by atoms with Gasteiger partial charge in [0, 0.05) is 31.6 Å². The third-order valence-electron chi connectivity index (χ3n) is 4.40. The van der Waals surface area contributed by atoms with Crippen molar-refractivity contribution in [2.45, 2.75) is 51.7 Å². The number of carbonyl (C=O) groups is 1. The average Bonchev–Trinajstić information content (AvgIpc) is 3.19. The molecule has 1 amide bonds. The van der Waals surface area contributed by atoms with Crippen LogP contribution in [0.15, 0.2) is 29.1 Å². The Morgan fingerprint density at radius 3 is 2.75 bits per heavy atom. The summed E-state index contributed by atoms with van der Waals surface area (Å²) < 4.78 is 11.1. The number of H-pyrrole nitrogens is 1. The van der Waals surface area contributed by atoms with Gasteiger partial charge in [-0.2, -0.15) is 0 Å². The monoisotopic (exact) mass is 386 g/mol. The first-order chi connectivity index (χ1) is 13.5. The van der Waals surface area contributed by atoms with Crippen LogP contribution in [-0.4, -0.2) is 46.4 Å². The van der Waals surface area contributed by atoms with E-state index in [9.17, 15) is 9.59 Å². The molecule has 28 heavy (non-hydrogen) atoms. The van der Waals surface area contributed by atoms with E-state index in [1.54, 1.807) is 0 Å². The summed E-state index contributed by atoms with van der Waals surface area (Å²) in [5.41, 5.74) is 0.650. The lowest BCUT2D eigenvalue weighted by Crippen LogP contribution is -2.32. The number of nitrogens with zero attached hydrogens (tertiary/aromatic N) is 2. The number of aryl methyl sites for hydroxylation is 1. The Hall–Kier alpha value is -2.74. The van der Waals surface area contributed by atoms with Crippen LogP contribution in [0.2, 0.25) is 0 Å². The van der Waals surface area contributed by atoms with Crippen molar-refractivity contribution in [3.05, 3.63) is 40.3 Å². The van der Waals surface area contributed by atoms with Crippen LogP contribution in [0, 0.1) is 0 Å². The van der Waals surface area contributed by atoms with E-state index < -0.39 is 0 Å². The molecule has 2 aromatic rings. The molecule has 1 saturated heterocycles. The number of amides is 1. The molecule has 2 N–H and O–H groups in total. The summed E-state index contributed by atoms with van der Waals surface area (Å²) in [6.07, 6.45) is 2.62. The van der Waals surface area contributed by atoms with Crippen LogP contribution >= 0.6 is 0 Å². The molecule has 0 saturated carbocycles. The summed E-state index contributed by atoms with van der Waals surface area (Å²) in [6.45, 7) is 5.18. The van der Waals surface area contributed by atoms with Crippen molar-refractivity contribution in [3.63, 3.8) is 0 Å². The van der Waals surface area contributed by atoms with Crippen molar-refractivity contribution in [1.29, 1.82) is 0 Å². The van der Waals surface area contributed by atoms with E-state index in [0.29, 0.717) is 12.4 Å². The predicted molar refractivity (Wildman–Crippen MR) is 104 cm³/mol. The Morgan fingerprint density at radius 2 is 2.11 bits per heavy atom. The number of aromatic amines is 1. The van der Waals surface area contributed by atoms with Gasteiger partial charge < -0.3 is 19.8 Å². The lowest BCUT2D eigenvalue weighted by molar-refractivity contribution is -0.121. The number of aromatic nitrogens is 3. The Kier molecular flexibility index (Phi) is 6.76. The van der Waals surface area contributed by atoms with Crippen molar-refractivity contribution in [2.75, 3.05) is 13.2 Å². The zero-order chi connectivity index (χ0) is 19.9. The molecular weight excluding hydrogens is 360 g/mol. The van der Waals surface area contributed by atoms with Crippen LogP contribution in [0.4, 0.5) is 0 Å². The lowest BCUT2D eigenvalue weighted by Gasteiger charge is -2.10. The first-order valence-corrected chi connectivity index (χ1v) is 9.62. The minimum atomic E-state index is -0.334. The summed E-state index contributed by atoms with van der Waals surface area (Å²) in [5.74, 6) is 1.01. The van der Waals surface area contributed by atoms with E-state index in [0.717, 1.165) is 30.8 Å². The van der Waals surface area contributed by atoms with E-state index in [4.69, 9.17) is 9.47 Å². The van der Waals surface area contributed by atoms with Crippen molar-refractivity contribution < 1.29 is 14.3 Å². The highest BCUT2D eigenvalue weighted by Gasteiger charge is 2.16. The van der Waals surface area contributed by atoms with Crippen LogP contribution in [0.3, 0.4) is 0 Å². The molecule has 150 valence electrons. The van der Waals surface area contributed by atoms with Crippen molar-refractivity contribution in [3.8, 4) is 17.1 Å². The molecule has 0 spiro atoms. The molecule has 1 aliphatic heterocycles. The zero-order valence-electron chi connectivity index (χ0n) is 16.2. The summed E-state index contributed by atoms with van der Waals surface area (Å²) in [6, 6.07) is 7.27. The highest BCUT2D eigenvalue weighted by Crippen LogP contribution is 2.19. The maximum Gasteiger partial charge on any atom is 0.273 e. The van der Waals surface area contributed by atoms with Gasteiger partial charge in [-0.25, -0.2) is 0 Å². The van der Waals surface area contributed by atoms with Crippen molar-refractivity contribution >= 4 is 5.91 Å². The molecule has 1 aromatic carbocycles. The average molecular weight is 386 g/mol. The molecule has 1 unspecified atom stereocenters. The van der Waals surface area contributed by atoms with Crippen LogP contribution in [0.25, 0.3) is 11.4 Å². The third kappa shape index (κ3) is 5.63. The number of rotatable bonds is 8. The molecule has 8 heteroatoms. The van der Waals surface area contributed by atoms with Gasteiger partial charge in [0.15, 0.2) is 5.82 Å². The standard InChI is InChI=1S/C20H26N4O4/c1-13(2)28-15-7-5-14(6-8-15)19-22-20(26)17(23-24-19)9-10-18(25)21-12-16-4-3-11-27-16/h5-8,13,16H,3-4,9-12H2,1-2H3,(H,21,25)(H,22,24,26). The SMILES string of the molecule is CC(C)Oc1ccc(-c2nnc(CCC(=O)NCC3CCCO3)c(=O)[nH]2)cc1. The fraction of sp³-hybridized carbons (Fsp3) is 0.500. The Bertz CT molecular complexity index is 842. The number of hydrogen-bond donors (Lipinski definition) is 2. The predicted octanol–water partition coefficient (Wildman–Crippen LogP) is 1.85. The van der Waals surface area contributed by atoms with Gasteiger partial charge in [0.25, 0.3) is 5.56 Å². The van der Waals surface area contributed by atoms with Gasteiger partial charge in [-0.3, -0.25) is 9.59 Å². The lowest BCUT2D eigenvalue weighted by atomic mass is 10.2. The van der Waals surface area contributed by atoms with E-state index >= 15 is 0 Å². The first kappa shape index (κ1) is 20.0. The van der Waals surface area contributed by atoms with Crippen LogP contribution in [0.1, 0.15) is 38.8 Å². The first-order valence-electron chi connectivity index (χ1n) is 9.62. The van der Waals surface area contributed by atoms with Crippen molar-refractivity contribution in [1.82, 2.24) is 20.5 Å². The van der Waals surface area contributed by atoms with Crippen molar-refractivity contribution in [2.24, 2.45) is 0 Å². The summed E-state index contributed by atoms with van der Waals surface area (Å²) in [5, 5.41) is 10.9. The van der Waals surface area contributed by atoms with Gasteiger partial charge in [0.1, 0.15) is 11.4 Å². The molecule has 3 rings (SSSR count). The quantitative estimate of drug-likeness (QED) is 0.717. The number of ether oxygens (including phenoxy) is 2. The van der Waals surface area contributed by atoms with Crippen LogP contribution < -0.4 is 15.6 Å². The summed E-state index contributed by atoms with van der Waals surface area (Å²) in [4.78, 5) is 26.9. The second-order valence-corrected chi connectivity index (χ2v) is 7.08. The van der Waals surface area contributed by atoms with E-state index in [2.05, 4.69) is 20.5 Å². The van der Waals surface area contributed by atoms with E-state index in [-0.39, 0.29) is 42.2 Å². The van der Waals surface area contributed by atoms with Gasteiger partial charge in [0.05, 0.1) is 12.2 Å². The van der Waals surface area contributed by atoms with Gasteiger partial charge >= 0.3 is 0 Å². The molecule has 1 aliphatic rings. The minimum Gasteiger partial charge on any atom is -0.491 e. The van der Waals surface area contributed by atoms with Crippen LogP contribution in [-0.2, 0) is 16.0 Å². The molecule has 0 radical (unpaired) electrons. The minimum absolute atomic E-state index is 0.0904. The maximum atomic E-state index is 12.3. The van der Waals surface area contributed by atoms with Gasteiger partial charge in [-0.05, 0) is 51.0 Å². The number of carbonyl (C=O) groups excluding carboxylic acids is 1. The van der Waals surface area contributed by atoms with E-state index in [1.165, 1.54) is 0 Å². The summed E-state index contributed by atoms with van der Waals surface area (Å²) >= 11 is 0. The van der Waals surface area contributed by atoms with Gasteiger partial charge in [-0.15, -0.1) is 10.2 Å². The molecule has 0 aliphatic carbocycles. The summed E-state index contributed by atoms with van der Waals surface area (Å²) in [7, 11) is 0. The van der Waals surface area contributed by atoms with Gasteiger partial charge in [-0.1, -0.05) is 0 Å². The fourth-order valence-electron chi connectivity index (χ4n) is 2.97. The molecule has 1 aromatic heterocycles. The molecule has 0 bridgehead atoms. The highest BCUT2D eigenvalue weighted by atomic mass is 16.5. The maximum absolute atomic E-state index is 12.3. The third-order valence-corrected chi connectivity index (χ3v) is 4.40. The second-order valence-electron chi connectivity index (χ2n) is 7.08. The molecule has 1 fully saturated rings. The normalized spacial score (nSPS) is 16.3. The molecule has 8 nitrogen and oxygen atoms in total. The van der Waals surface area contributed by atoms with E-state index in [1.807, 2.05) is 38.1 Å². The Labute approximate surface area is 163 Å². The Morgan fingerprint density at radius 1 is 1.32 bits per heavy atom. The largest absolute Gasteiger partial charge is 0.491 e. The molecule has 1 atom stereocenters. The fourth-order valence-corrected chi connectivity index (χ4v) is 2.97. The highest BCUT2D eigenvalue weighted by molar-refractivity contribution is 5.76. The number of nitrogens with one attached hydrogen (secondary N) is 2. The van der Waals surface area contributed by atoms with Crippen LogP contribution in [0.5, 0.6) is 5.75 Å². The smallest absolute Gasteiger partial charge is 0.273 e. The molecular formula is C20H26N4O4. The number of benzene rings is 1. The topological polar surface area (TPSA) is 106 Å². The second kappa shape index (κ2) is 9.45.